The van der Waals surface area contributed by atoms with E-state index in [2.05, 4.69) is 0 Å². The van der Waals surface area contributed by atoms with Crippen molar-refractivity contribution in [3.63, 3.8) is 0 Å². The summed E-state index contributed by atoms with van der Waals surface area (Å²) in [5.41, 5.74) is -0.749. The van der Waals surface area contributed by atoms with Crippen molar-refractivity contribution in [3.8, 4) is 0 Å². The molecular weight excluding hydrogens is 300 g/mol. The molecule has 120 valence electrons. The molecule has 0 atom stereocenters. The quantitative estimate of drug-likeness (QED) is 0.813. The van der Waals surface area contributed by atoms with Crippen molar-refractivity contribution in [2.24, 2.45) is 0 Å². The zero-order chi connectivity index (χ0) is 16.1. The maximum absolute atomic E-state index is 12.6. The molecule has 1 rings (SSSR count). The van der Waals surface area contributed by atoms with Gasteiger partial charge in [0.1, 0.15) is 0 Å². The molecule has 8 heteroatoms. The minimum Gasteiger partial charge on any atom is -0.396 e. The first-order valence-electron chi connectivity index (χ1n) is 6.18. The van der Waals surface area contributed by atoms with Gasteiger partial charge in [-0.05, 0) is 18.1 Å². The zero-order valence-electron chi connectivity index (χ0n) is 11.0. The lowest BCUT2D eigenvalue weighted by Gasteiger charge is -2.23. The van der Waals surface area contributed by atoms with Crippen LogP contribution in [-0.4, -0.2) is 35.9 Å². The number of nitrogens with zero attached hydrogens (tertiary/aromatic N) is 1. The Kier molecular flexibility index (Phi) is 6.03. The molecule has 21 heavy (non-hydrogen) atoms. The molecule has 0 fully saturated rings. The van der Waals surface area contributed by atoms with Crippen molar-refractivity contribution in [1.82, 2.24) is 4.90 Å². The normalized spacial score (nSPS) is 13.0. The number of hydrogen-bond donors (Lipinski definition) is 1. The molecule has 0 amide bonds. The Bertz CT molecular complexity index is 443. The summed E-state index contributed by atoms with van der Waals surface area (Å²) in [6, 6.07) is 4.21. The van der Waals surface area contributed by atoms with E-state index < -0.39 is 24.5 Å². The standard InChI is InChI=1S/C13H15F6NO/c14-12(15,16)9-20(5-2-6-21)8-10-3-1-4-11(7-10)13(17,18)19/h1,3-4,7,21H,2,5-6,8-9H2. The van der Waals surface area contributed by atoms with Gasteiger partial charge in [-0.1, -0.05) is 18.2 Å². The average molecular weight is 315 g/mol. The highest BCUT2D eigenvalue weighted by molar-refractivity contribution is 5.25. The highest BCUT2D eigenvalue weighted by Crippen LogP contribution is 2.30. The number of hydrogen-bond acceptors (Lipinski definition) is 2. The summed E-state index contributed by atoms with van der Waals surface area (Å²) < 4.78 is 74.9. The molecule has 0 saturated heterocycles. The highest BCUT2D eigenvalue weighted by Gasteiger charge is 2.32. The lowest BCUT2D eigenvalue weighted by molar-refractivity contribution is -0.147. The van der Waals surface area contributed by atoms with E-state index >= 15 is 0 Å². The first kappa shape index (κ1) is 17.8. The second kappa shape index (κ2) is 7.13. The molecule has 0 unspecified atom stereocenters. The Labute approximate surface area is 118 Å². The Hall–Kier alpha value is -1.28. The molecule has 0 heterocycles. The molecule has 1 N–H and O–H groups in total. The van der Waals surface area contributed by atoms with E-state index in [0.717, 1.165) is 23.1 Å². The summed E-state index contributed by atoms with van der Waals surface area (Å²) in [5.74, 6) is 0. The van der Waals surface area contributed by atoms with Crippen LogP contribution in [0.5, 0.6) is 0 Å². The molecule has 0 aromatic heterocycles. The minimum absolute atomic E-state index is 0.0493. The topological polar surface area (TPSA) is 23.5 Å². The summed E-state index contributed by atoms with van der Waals surface area (Å²) in [6.45, 7) is -1.82. The Morgan fingerprint density at radius 2 is 1.71 bits per heavy atom. The maximum atomic E-state index is 12.6. The van der Waals surface area contributed by atoms with Gasteiger partial charge in [0.15, 0.2) is 0 Å². The van der Waals surface area contributed by atoms with Crippen molar-refractivity contribution in [2.75, 3.05) is 19.7 Å². The van der Waals surface area contributed by atoms with E-state index in [-0.39, 0.29) is 31.7 Å². The molecule has 0 saturated carbocycles. The molecule has 2 nitrogen and oxygen atoms in total. The van der Waals surface area contributed by atoms with Gasteiger partial charge in [-0.2, -0.15) is 26.3 Å². The van der Waals surface area contributed by atoms with Gasteiger partial charge >= 0.3 is 12.4 Å². The second-order valence-corrected chi connectivity index (χ2v) is 4.60. The lowest BCUT2D eigenvalue weighted by atomic mass is 10.1. The SMILES string of the molecule is OCCCN(Cc1cccc(C(F)(F)F)c1)CC(F)(F)F. The van der Waals surface area contributed by atoms with Gasteiger partial charge in [0.05, 0.1) is 12.1 Å². The lowest BCUT2D eigenvalue weighted by Crippen LogP contribution is -2.35. The van der Waals surface area contributed by atoms with E-state index in [0.29, 0.717) is 0 Å². The number of alkyl halides is 6. The van der Waals surface area contributed by atoms with Crippen LogP contribution in [0.25, 0.3) is 0 Å². The van der Waals surface area contributed by atoms with Crippen LogP contribution >= 0.6 is 0 Å². The number of rotatable bonds is 6. The van der Waals surface area contributed by atoms with Crippen LogP contribution in [0, 0.1) is 0 Å². The van der Waals surface area contributed by atoms with Gasteiger partial charge in [0.2, 0.25) is 0 Å². The molecular formula is C13H15F6NO. The van der Waals surface area contributed by atoms with Gasteiger partial charge in [0.25, 0.3) is 0 Å². The maximum Gasteiger partial charge on any atom is 0.416 e. The third-order valence-corrected chi connectivity index (χ3v) is 2.70. The number of aliphatic hydroxyl groups excluding tert-OH is 1. The monoisotopic (exact) mass is 315 g/mol. The predicted octanol–water partition coefficient (Wildman–Crippen LogP) is 3.45. The van der Waals surface area contributed by atoms with Crippen LogP contribution in [0.15, 0.2) is 24.3 Å². The Balaban J connectivity index is 2.82. The molecule has 0 spiro atoms. The van der Waals surface area contributed by atoms with Crippen LogP contribution in [0.3, 0.4) is 0 Å². The van der Waals surface area contributed by atoms with E-state index in [4.69, 9.17) is 5.11 Å². The average Bonchev–Trinajstić information content (AvgIpc) is 2.33. The first-order chi connectivity index (χ1) is 9.62. The van der Waals surface area contributed by atoms with Gasteiger partial charge in [0, 0.05) is 19.7 Å². The number of aliphatic hydroxyl groups is 1. The van der Waals surface area contributed by atoms with Gasteiger partial charge < -0.3 is 5.11 Å². The molecule has 0 aliphatic carbocycles. The van der Waals surface area contributed by atoms with Gasteiger partial charge in [-0.3, -0.25) is 4.90 Å². The highest BCUT2D eigenvalue weighted by atomic mass is 19.4. The van der Waals surface area contributed by atoms with Crippen molar-refractivity contribution in [2.45, 2.75) is 25.3 Å². The fourth-order valence-electron chi connectivity index (χ4n) is 1.87. The molecule has 1 aromatic rings. The zero-order valence-corrected chi connectivity index (χ0v) is 11.0. The number of benzene rings is 1. The molecule has 0 aliphatic rings. The fourth-order valence-corrected chi connectivity index (χ4v) is 1.87. The van der Waals surface area contributed by atoms with E-state index in [9.17, 15) is 26.3 Å². The van der Waals surface area contributed by atoms with Crippen LogP contribution in [-0.2, 0) is 12.7 Å². The summed E-state index contributed by atoms with van der Waals surface area (Å²) in [5, 5.41) is 8.67. The third-order valence-electron chi connectivity index (χ3n) is 2.70. The Morgan fingerprint density at radius 1 is 1.05 bits per heavy atom. The number of halogens is 6. The van der Waals surface area contributed by atoms with Crippen LogP contribution in [0.4, 0.5) is 26.3 Å². The Morgan fingerprint density at radius 3 is 2.24 bits per heavy atom. The smallest absolute Gasteiger partial charge is 0.396 e. The molecule has 0 aliphatic heterocycles. The molecule has 0 radical (unpaired) electrons. The summed E-state index contributed by atoms with van der Waals surface area (Å²) in [7, 11) is 0. The van der Waals surface area contributed by atoms with Crippen LogP contribution in [0.2, 0.25) is 0 Å². The fraction of sp³-hybridized carbons (Fsp3) is 0.538. The summed E-state index contributed by atoms with van der Waals surface area (Å²) >= 11 is 0. The van der Waals surface area contributed by atoms with Crippen molar-refractivity contribution < 1.29 is 31.4 Å². The van der Waals surface area contributed by atoms with E-state index in [1.807, 2.05) is 0 Å². The molecule has 1 aromatic carbocycles. The molecule has 0 bridgehead atoms. The van der Waals surface area contributed by atoms with Crippen molar-refractivity contribution >= 4 is 0 Å². The largest absolute Gasteiger partial charge is 0.416 e. The van der Waals surface area contributed by atoms with Crippen molar-refractivity contribution in [1.29, 1.82) is 0 Å². The first-order valence-corrected chi connectivity index (χ1v) is 6.18. The minimum atomic E-state index is -4.53. The van der Waals surface area contributed by atoms with Gasteiger partial charge in [-0.25, -0.2) is 0 Å². The third kappa shape index (κ3) is 6.81. The second-order valence-electron chi connectivity index (χ2n) is 4.60. The van der Waals surface area contributed by atoms with Crippen molar-refractivity contribution in [3.05, 3.63) is 35.4 Å². The van der Waals surface area contributed by atoms with E-state index in [1.54, 1.807) is 0 Å². The van der Waals surface area contributed by atoms with Crippen LogP contribution < -0.4 is 0 Å². The predicted molar refractivity (Wildman–Crippen MR) is 64.5 cm³/mol. The van der Waals surface area contributed by atoms with E-state index in [1.165, 1.54) is 6.07 Å². The van der Waals surface area contributed by atoms with Gasteiger partial charge in [-0.15, -0.1) is 0 Å². The summed E-state index contributed by atoms with van der Waals surface area (Å²) in [6.07, 6.45) is -8.86. The summed E-state index contributed by atoms with van der Waals surface area (Å²) in [4.78, 5) is 0.964. The van der Waals surface area contributed by atoms with Crippen LogP contribution in [0.1, 0.15) is 17.5 Å².